The molecule has 1 aliphatic rings. The predicted octanol–water partition coefficient (Wildman–Crippen LogP) is 3.76. The minimum absolute atomic E-state index is 0.182. The van der Waals surface area contributed by atoms with Gasteiger partial charge in [0.05, 0.1) is 5.56 Å². The number of nitrogens with zero attached hydrogens (tertiary/aromatic N) is 1. The third-order valence-corrected chi connectivity index (χ3v) is 3.93. The molecule has 1 aromatic carbocycles. The number of carbonyl (C=O) groups is 1. The van der Waals surface area contributed by atoms with Crippen LogP contribution in [0.2, 0.25) is 0 Å². The van der Waals surface area contributed by atoms with Gasteiger partial charge in [-0.3, -0.25) is 4.79 Å². The summed E-state index contributed by atoms with van der Waals surface area (Å²) >= 11 is 5.71. The molecule has 1 atom stereocenters. The Balaban J connectivity index is 2.16. The van der Waals surface area contributed by atoms with E-state index in [1.54, 1.807) is 12.1 Å². The van der Waals surface area contributed by atoms with Gasteiger partial charge in [-0.15, -0.1) is 11.6 Å². The van der Waals surface area contributed by atoms with Crippen LogP contribution in [0.5, 0.6) is 0 Å². The maximum atomic E-state index is 13.8. The molecule has 104 valence electrons. The SMILES string of the molecule is Cc1ccc(F)c(C(=O)N2CCCC2CCCCl)c1. The van der Waals surface area contributed by atoms with E-state index in [0.717, 1.165) is 37.8 Å². The molecular formula is C15H19ClFNO. The van der Waals surface area contributed by atoms with Crippen LogP contribution in [0.15, 0.2) is 18.2 Å². The van der Waals surface area contributed by atoms with Crippen molar-refractivity contribution in [2.75, 3.05) is 12.4 Å². The number of carbonyl (C=O) groups excluding carboxylic acids is 1. The van der Waals surface area contributed by atoms with E-state index >= 15 is 0 Å². The van der Waals surface area contributed by atoms with Crippen molar-refractivity contribution in [2.24, 2.45) is 0 Å². The highest BCUT2D eigenvalue weighted by Crippen LogP contribution is 2.25. The number of halogens is 2. The molecule has 1 fully saturated rings. The van der Waals surface area contributed by atoms with Crippen LogP contribution in [0.1, 0.15) is 41.6 Å². The van der Waals surface area contributed by atoms with Crippen molar-refractivity contribution in [3.8, 4) is 0 Å². The van der Waals surface area contributed by atoms with Crippen molar-refractivity contribution >= 4 is 17.5 Å². The summed E-state index contributed by atoms with van der Waals surface area (Å²) in [5, 5.41) is 0. The minimum Gasteiger partial charge on any atom is -0.336 e. The van der Waals surface area contributed by atoms with Gasteiger partial charge in [-0.1, -0.05) is 11.6 Å². The van der Waals surface area contributed by atoms with Crippen molar-refractivity contribution in [1.82, 2.24) is 4.90 Å². The van der Waals surface area contributed by atoms with E-state index in [-0.39, 0.29) is 17.5 Å². The summed E-state index contributed by atoms with van der Waals surface area (Å²) in [4.78, 5) is 14.3. The molecule has 0 saturated carbocycles. The highest BCUT2D eigenvalue weighted by Gasteiger charge is 2.30. The number of amides is 1. The first kappa shape index (κ1) is 14.3. The molecule has 19 heavy (non-hydrogen) atoms. The van der Waals surface area contributed by atoms with E-state index in [2.05, 4.69) is 0 Å². The average Bonchev–Trinajstić information content (AvgIpc) is 2.86. The van der Waals surface area contributed by atoms with Crippen LogP contribution >= 0.6 is 11.6 Å². The quantitative estimate of drug-likeness (QED) is 0.771. The number of benzene rings is 1. The van der Waals surface area contributed by atoms with Gasteiger partial charge in [-0.25, -0.2) is 4.39 Å². The molecule has 4 heteroatoms. The lowest BCUT2D eigenvalue weighted by Gasteiger charge is -2.25. The number of hydrogen-bond acceptors (Lipinski definition) is 1. The average molecular weight is 284 g/mol. The van der Waals surface area contributed by atoms with Gasteiger partial charge in [0.2, 0.25) is 0 Å². The van der Waals surface area contributed by atoms with Crippen molar-refractivity contribution < 1.29 is 9.18 Å². The number of hydrogen-bond donors (Lipinski definition) is 0. The first-order valence-corrected chi connectivity index (χ1v) is 7.30. The first-order chi connectivity index (χ1) is 9.13. The lowest BCUT2D eigenvalue weighted by molar-refractivity contribution is 0.0725. The Bertz CT molecular complexity index is 463. The second-order valence-electron chi connectivity index (χ2n) is 5.11. The molecule has 1 unspecified atom stereocenters. The van der Waals surface area contributed by atoms with Gasteiger partial charge in [-0.2, -0.15) is 0 Å². The Morgan fingerprint density at radius 2 is 2.32 bits per heavy atom. The minimum atomic E-state index is -0.432. The van der Waals surface area contributed by atoms with E-state index in [1.165, 1.54) is 6.07 Å². The zero-order chi connectivity index (χ0) is 13.8. The molecule has 1 amide bonds. The molecule has 1 aromatic rings. The summed E-state index contributed by atoms with van der Waals surface area (Å²) in [6.07, 6.45) is 3.79. The normalized spacial score (nSPS) is 18.9. The fourth-order valence-corrected chi connectivity index (χ4v) is 2.83. The van der Waals surface area contributed by atoms with Crippen LogP contribution in [-0.2, 0) is 0 Å². The smallest absolute Gasteiger partial charge is 0.257 e. The van der Waals surface area contributed by atoms with Crippen LogP contribution in [0.4, 0.5) is 4.39 Å². The van der Waals surface area contributed by atoms with E-state index < -0.39 is 5.82 Å². The van der Waals surface area contributed by atoms with E-state index in [9.17, 15) is 9.18 Å². The van der Waals surface area contributed by atoms with Gasteiger partial charge < -0.3 is 4.90 Å². The van der Waals surface area contributed by atoms with Crippen molar-refractivity contribution in [3.05, 3.63) is 35.1 Å². The van der Waals surface area contributed by atoms with Gasteiger partial charge in [0.1, 0.15) is 5.82 Å². The van der Waals surface area contributed by atoms with Crippen LogP contribution in [0.25, 0.3) is 0 Å². The van der Waals surface area contributed by atoms with E-state index in [0.29, 0.717) is 5.88 Å². The summed E-state index contributed by atoms with van der Waals surface area (Å²) in [6.45, 7) is 2.59. The van der Waals surface area contributed by atoms with Gasteiger partial charge in [0.15, 0.2) is 0 Å². The summed E-state index contributed by atoms with van der Waals surface area (Å²) in [7, 11) is 0. The van der Waals surface area contributed by atoms with Gasteiger partial charge >= 0.3 is 0 Å². The zero-order valence-corrected chi connectivity index (χ0v) is 11.9. The van der Waals surface area contributed by atoms with Crippen LogP contribution in [0, 0.1) is 12.7 Å². The van der Waals surface area contributed by atoms with Gasteiger partial charge in [0, 0.05) is 18.5 Å². The molecule has 2 rings (SSSR count). The van der Waals surface area contributed by atoms with Crippen molar-refractivity contribution in [2.45, 2.75) is 38.6 Å². The Morgan fingerprint density at radius 3 is 3.05 bits per heavy atom. The molecule has 0 radical (unpaired) electrons. The van der Waals surface area contributed by atoms with Gasteiger partial charge in [-0.05, 0) is 44.7 Å². The van der Waals surface area contributed by atoms with Crippen LogP contribution in [-0.4, -0.2) is 29.3 Å². The molecule has 0 bridgehead atoms. The summed E-state index contributed by atoms with van der Waals surface area (Å²) in [6, 6.07) is 4.90. The number of rotatable bonds is 4. The first-order valence-electron chi connectivity index (χ1n) is 6.76. The van der Waals surface area contributed by atoms with Crippen LogP contribution < -0.4 is 0 Å². The molecule has 1 aliphatic heterocycles. The zero-order valence-electron chi connectivity index (χ0n) is 11.2. The molecule has 0 aromatic heterocycles. The predicted molar refractivity (Wildman–Crippen MR) is 75.1 cm³/mol. The summed E-state index contributed by atoms with van der Waals surface area (Å²) in [5.41, 5.74) is 1.10. The Labute approximate surface area is 118 Å². The fourth-order valence-electron chi connectivity index (χ4n) is 2.67. The topological polar surface area (TPSA) is 20.3 Å². The molecule has 0 N–H and O–H groups in total. The Hall–Kier alpha value is -1.09. The van der Waals surface area contributed by atoms with Crippen LogP contribution in [0.3, 0.4) is 0 Å². The van der Waals surface area contributed by atoms with E-state index in [1.807, 2.05) is 11.8 Å². The molecule has 2 nitrogen and oxygen atoms in total. The van der Waals surface area contributed by atoms with Gasteiger partial charge in [0.25, 0.3) is 5.91 Å². The molecule has 1 heterocycles. The molecular weight excluding hydrogens is 265 g/mol. The number of aryl methyl sites for hydroxylation is 1. The maximum Gasteiger partial charge on any atom is 0.257 e. The lowest BCUT2D eigenvalue weighted by atomic mass is 10.1. The Kier molecular flexibility index (Phi) is 4.81. The van der Waals surface area contributed by atoms with Crippen molar-refractivity contribution in [1.29, 1.82) is 0 Å². The molecule has 0 spiro atoms. The largest absolute Gasteiger partial charge is 0.336 e. The second-order valence-corrected chi connectivity index (χ2v) is 5.49. The third-order valence-electron chi connectivity index (χ3n) is 3.66. The third kappa shape index (κ3) is 3.27. The molecule has 1 saturated heterocycles. The standard InChI is InChI=1S/C15H19ClFNO/c1-11-6-7-14(17)13(10-11)15(19)18-9-3-5-12(18)4-2-8-16/h6-7,10,12H,2-5,8-9H2,1H3. The highest BCUT2D eigenvalue weighted by molar-refractivity contribution is 6.17. The molecule has 0 aliphatic carbocycles. The highest BCUT2D eigenvalue weighted by atomic mass is 35.5. The maximum absolute atomic E-state index is 13.8. The number of alkyl halides is 1. The fraction of sp³-hybridized carbons (Fsp3) is 0.533. The van der Waals surface area contributed by atoms with Crippen molar-refractivity contribution in [3.63, 3.8) is 0 Å². The second kappa shape index (κ2) is 6.38. The lowest BCUT2D eigenvalue weighted by Crippen LogP contribution is -2.36. The monoisotopic (exact) mass is 283 g/mol. The number of likely N-dealkylation sites (tertiary alicyclic amines) is 1. The summed E-state index contributed by atoms with van der Waals surface area (Å²) in [5.74, 6) is -0.00554. The summed E-state index contributed by atoms with van der Waals surface area (Å²) < 4.78 is 13.8. The van der Waals surface area contributed by atoms with E-state index in [4.69, 9.17) is 11.6 Å². The Morgan fingerprint density at radius 1 is 1.53 bits per heavy atom.